The van der Waals surface area contributed by atoms with E-state index in [2.05, 4.69) is 27.5 Å². The maximum absolute atomic E-state index is 11.6. The third kappa shape index (κ3) is 3.71. The summed E-state index contributed by atoms with van der Waals surface area (Å²) in [5, 5.41) is 5.57. The van der Waals surface area contributed by atoms with Crippen LogP contribution in [0.3, 0.4) is 0 Å². The summed E-state index contributed by atoms with van der Waals surface area (Å²) in [6, 6.07) is 8.10. The van der Waals surface area contributed by atoms with Gasteiger partial charge in [0.15, 0.2) is 0 Å². The summed E-state index contributed by atoms with van der Waals surface area (Å²) in [5.41, 5.74) is 2.59. The first kappa shape index (κ1) is 13.4. The third-order valence-corrected chi connectivity index (χ3v) is 3.23. The van der Waals surface area contributed by atoms with E-state index in [4.69, 9.17) is 0 Å². The largest absolute Gasteiger partial charge is 0.469 e. The molecule has 1 aliphatic rings. The summed E-state index contributed by atoms with van der Waals surface area (Å²) >= 11 is 0. The molecule has 1 aliphatic carbocycles. The molecule has 1 aromatic rings. The highest BCUT2D eigenvalue weighted by Gasteiger charge is 2.22. The molecule has 5 nitrogen and oxygen atoms in total. The van der Waals surface area contributed by atoms with E-state index in [0.29, 0.717) is 0 Å². The van der Waals surface area contributed by atoms with Gasteiger partial charge in [0.05, 0.1) is 13.5 Å². The minimum Gasteiger partial charge on any atom is -0.469 e. The van der Waals surface area contributed by atoms with Gasteiger partial charge in [-0.15, -0.1) is 0 Å². The molecule has 1 aromatic carbocycles. The lowest BCUT2D eigenvalue weighted by Crippen LogP contribution is -2.43. The monoisotopic (exact) mass is 262 g/mol. The Morgan fingerprint density at radius 2 is 1.89 bits per heavy atom. The molecular formula is C14H18N2O3. The van der Waals surface area contributed by atoms with Crippen LogP contribution in [-0.4, -0.2) is 31.7 Å². The van der Waals surface area contributed by atoms with Crippen molar-refractivity contribution in [1.29, 1.82) is 0 Å². The molecule has 2 rings (SSSR count). The van der Waals surface area contributed by atoms with E-state index < -0.39 is 0 Å². The van der Waals surface area contributed by atoms with Gasteiger partial charge in [0.1, 0.15) is 0 Å². The lowest BCUT2D eigenvalue weighted by Gasteiger charge is -2.12. The second-order valence-electron chi connectivity index (χ2n) is 4.60. The highest BCUT2D eigenvalue weighted by Crippen LogP contribution is 2.21. The first-order chi connectivity index (χ1) is 9.19. The van der Waals surface area contributed by atoms with Gasteiger partial charge in [-0.25, -0.2) is 4.79 Å². The molecule has 0 saturated carbocycles. The van der Waals surface area contributed by atoms with Gasteiger partial charge in [-0.1, -0.05) is 24.3 Å². The number of carbonyl (C=O) groups is 2. The molecule has 0 bridgehead atoms. The summed E-state index contributed by atoms with van der Waals surface area (Å²) in [4.78, 5) is 22.5. The molecule has 0 radical (unpaired) electrons. The number of amides is 2. The summed E-state index contributed by atoms with van der Waals surface area (Å²) in [6.45, 7) is 0.290. The van der Waals surface area contributed by atoms with E-state index in [0.717, 1.165) is 12.8 Å². The van der Waals surface area contributed by atoms with Crippen molar-refractivity contribution < 1.29 is 14.3 Å². The van der Waals surface area contributed by atoms with Gasteiger partial charge in [0.25, 0.3) is 0 Å². The molecule has 0 aromatic heterocycles. The first-order valence-electron chi connectivity index (χ1n) is 6.37. The van der Waals surface area contributed by atoms with Gasteiger partial charge in [-0.2, -0.15) is 0 Å². The number of methoxy groups -OCH3 is 1. The molecule has 0 unspecified atom stereocenters. The molecule has 0 aliphatic heterocycles. The molecule has 0 saturated heterocycles. The number of benzene rings is 1. The standard InChI is InChI=1S/C14H18N2O3/c1-19-13(17)6-7-15-14(18)16-12-8-10-4-2-3-5-11(10)9-12/h2-5,12H,6-9H2,1H3,(H2,15,16,18). The van der Waals surface area contributed by atoms with Crippen molar-refractivity contribution in [1.82, 2.24) is 10.6 Å². The van der Waals surface area contributed by atoms with Crippen LogP contribution in [-0.2, 0) is 22.4 Å². The highest BCUT2D eigenvalue weighted by molar-refractivity contribution is 5.75. The van der Waals surface area contributed by atoms with Crippen molar-refractivity contribution in [2.24, 2.45) is 0 Å². The lowest BCUT2D eigenvalue weighted by molar-refractivity contribution is -0.140. The van der Waals surface area contributed by atoms with E-state index in [1.807, 2.05) is 12.1 Å². The second kappa shape index (κ2) is 6.22. The lowest BCUT2D eigenvalue weighted by atomic mass is 10.1. The van der Waals surface area contributed by atoms with E-state index in [-0.39, 0.29) is 31.0 Å². The minimum absolute atomic E-state index is 0.135. The van der Waals surface area contributed by atoms with Crippen molar-refractivity contribution in [3.8, 4) is 0 Å². The third-order valence-electron chi connectivity index (χ3n) is 3.23. The number of hydrogen-bond donors (Lipinski definition) is 2. The van der Waals surface area contributed by atoms with Gasteiger partial charge >= 0.3 is 12.0 Å². The number of rotatable bonds is 4. The van der Waals surface area contributed by atoms with Gasteiger partial charge in [0.2, 0.25) is 0 Å². The van der Waals surface area contributed by atoms with Crippen molar-refractivity contribution in [2.75, 3.05) is 13.7 Å². The normalized spacial score (nSPS) is 13.7. The van der Waals surface area contributed by atoms with Crippen molar-refractivity contribution in [2.45, 2.75) is 25.3 Å². The van der Waals surface area contributed by atoms with Gasteiger partial charge < -0.3 is 15.4 Å². The Kier molecular flexibility index (Phi) is 4.39. The minimum atomic E-state index is -0.325. The smallest absolute Gasteiger partial charge is 0.315 e. The van der Waals surface area contributed by atoms with Crippen LogP contribution in [0.25, 0.3) is 0 Å². The number of ether oxygens (including phenoxy) is 1. The summed E-state index contributed by atoms with van der Waals surface area (Å²) in [5.74, 6) is -0.325. The highest BCUT2D eigenvalue weighted by atomic mass is 16.5. The molecule has 102 valence electrons. The predicted molar refractivity (Wildman–Crippen MR) is 70.8 cm³/mol. The molecule has 0 fully saturated rings. The molecule has 0 heterocycles. The Labute approximate surface area is 112 Å². The average molecular weight is 262 g/mol. The molecule has 19 heavy (non-hydrogen) atoms. The summed E-state index contributed by atoms with van der Waals surface area (Å²) in [6.07, 6.45) is 1.91. The molecule has 0 spiro atoms. The first-order valence-corrected chi connectivity index (χ1v) is 6.37. The van der Waals surface area contributed by atoms with Gasteiger partial charge in [0, 0.05) is 12.6 Å². The zero-order chi connectivity index (χ0) is 13.7. The zero-order valence-corrected chi connectivity index (χ0v) is 10.9. The van der Waals surface area contributed by atoms with E-state index in [1.165, 1.54) is 18.2 Å². The van der Waals surface area contributed by atoms with E-state index >= 15 is 0 Å². The maximum Gasteiger partial charge on any atom is 0.315 e. The number of esters is 1. The fourth-order valence-corrected chi connectivity index (χ4v) is 2.28. The van der Waals surface area contributed by atoms with Crippen LogP contribution in [0.2, 0.25) is 0 Å². The zero-order valence-electron chi connectivity index (χ0n) is 10.9. The van der Waals surface area contributed by atoms with Gasteiger partial charge in [-0.05, 0) is 24.0 Å². The fraction of sp³-hybridized carbons (Fsp3) is 0.429. The fourth-order valence-electron chi connectivity index (χ4n) is 2.28. The summed E-state index contributed by atoms with van der Waals surface area (Å²) in [7, 11) is 1.33. The van der Waals surface area contributed by atoms with Gasteiger partial charge in [-0.3, -0.25) is 4.79 Å². The van der Waals surface area contributed by atoms with Crippen LogP contribution < -0.4 is 10.6 Å². The molecule has 2 amide bonds. The SMILES string of the molecule is COC(=O)CCNC(=O)NC1Cc2ccccc2C1. The Morgan fingerprint density at radius 3 is 2.47 bits per heavy atom. The quantitative estimate of drug-likeness (QED) is 0.796. The predicted octanol–water partition coefficient (Wildman–Crippen LogP) is 1.02. The van der Waals surface area contributed by atoms with Crippen LogP contribution in [0.5, 0.6) is 0 Å². The second-order valence-corrected chi connectivity index (χ2v) is 4.60. The Bertz CT molecular complexity index is 449. The molecule has 5 heteroatoms. The molecule has 0 atom stereocenters. The van der Waals surface area contributed by atoms with Crippen LogP contribution >= 0.6 is 0 Å². The van der Waals surface area contributed by atoms with Crippen molar-refractivity contribution in [3.05, 3.63) is 35.4 Å². The maximum atomic E-state index is 11.6. The number of urea groups is 1. The Morgan fingerprint density at radius 1 is 1.26 bits per heavy atom. The summed E-state index contributed by atoms with van der Waals surface area (Å²) < 4.78 is 4.50. The van der Waals surface area contributed by atoms with Crippen LogP contribution in [0.4, 0.5) is 4.79 Å². The Balaban J connectivity index is 1.72. The van der Waals surface area contributed by atoms with E-state index in [1.54, 1.807) is 0 Å². The number of carbonyl (C=O) groups excluding carboxylic acids is 2. The number of fused-ring (bicyclic) bond motifs is 1. The number of nitrogens with one attached hydrogen (secondary N) is 2. The topological polar surface area (TPSA) is 67.4 Å². The molecule has 2 N–H and O–H groups in total. The number of hydrogen-bond acceptors (Lipinski definition) is 3. The van der Waals surface area contributed by atoms with Crippen LogP contribution in [0.15, 0.2) is 24.3 Å². The van der Waals surface area contributed by atoms with E-state index in [9.17, 15) is 9.59 Å². The average Bonchev–Trinajstić information content (AvgIpc) is 2.80. The van der Waals surface area contributed by atoms with Crippen LogP contribution in [0, 0.1) is 0 Å². The molecular weight excluding hydrogens is 244 g/mol. The van der Waals surface area contributed by atoms with Crippen LogP contribution in [0.1, 0.15) is 17.5 Å². The van der Waals surface area contributed by atoms with Crippen molar-refractivity contribution >= 4 is 12.0 Å². The van der Waals surface area contributed by atoms with Crippen molar-refractivity contribution in [3.63, 3.8) is 0 Å². The Hall–Kier alpha value is -2.04.